The van der Waals surface area contributed by atoms with E-state index < -0.39 is 0 Å². The number of thiophene rings is 2. The lowest BCUT2D eigenvalue weighted by Crippen LogP contribution is -2.17. The van der Waals surface area contributed by atoms with Crippen LogP contribution in [0.4, 0.5) is 28.4 Å². The van der Waals surface area contributed by atoms with E-state index in [-0.39, 0.29) is 0 Å². The minimum absolute atomic E-state index is 0.813. The van der Waals surface area contributed by atoms with E-state index in [4.69, 9.17) is 19.9 Å². The summed E-state index contributed by atoms with van der Waals surface area (Å²) in [4.78, 5) is 29.0. The highest BCUT2D eigenvalue weighted by molar-refractivity contribution is 7.19. The number of allylic oxidation sites excluding steroid dienone is 4. The maximum Gasteiger partial charge on any atom is 0.100 e. The van der Waals surface area contributed by atoms with Crippen LogP contribution < -0.4 is 9.80 Å². The minimum Gasteiger partial charge on any atom is -0.314 e. The van der Waals surface area contributed by atoms with Gasteiger partial charge in [0.25, 0.3) is 0 Å². The Morgan fingerprint density at radius 3 is 1.15 bits per heavy atom. The predicted molar refractivity (Wildman–Crippen MR) is 260 cm³/mol. The van der Waals surface area contributed by atoms with Crippen LogP contribution in [0.15, 0.2) is 213 Å². The quantitative estimate of drug-likeness (QED) is 0.128. The molecule has 0 spiro atoms. The largest absolute Gasteiger partial charge is 0.314 e. The van der Waals surface area contributed by atoms with Crippen molar-refractivity contribution in [3.8, 4) is 41.8 Å². The lowest BCUT2D eigenvalue weighted by Gasteiger charge is -2.29. The van der Waals surface area contributed by atoms with Crippen molar-refractivity contribution < 1.29 is 0 Å². The average molecular weight is 835 g/mol. The van der Waals surface area contributed by atoms with Gasteiger partial charge in [0.1, 0.15) is 22.1 Å². The molecule has 0 N–H and O–H groups in total. The van der Waals surface area contributed by atoms with Crippen LogP contribution in [0.25, 0.3) is 63.8 Å². The number of para-hydroxylation sites is 3. The Bertz CT molecular complexity index is 3130. The third-order valence-electron chi connectivity index (χ3n) is 11.2. The molecule has 6 aromatic carbocycles. The topological polar surface area (TPSA) is 58.0 Å². The van der Waals surface area contributed by atoms with Crippen LogP contribution in [0.1, 0.15) is 12.8 Å². The number of aromatic nitrogens is 4. The molecule has 4 heterocycles. The van der Waals surface area contributed by atoms with E-state index >= 15 is 0 Å². The first-order valence-corrected chi connectivity index (χ1v) is 22.3. The van der Waals surface area contributed by atoms with Crippen LogP contribution in [-0.2, 0) is 0 Å². The van der Waals surface area contributed by atoms with Crippen LogP contribution in [0.3, 0.4) is 0 Å². The fourth-order valence-corrected chi connectivity index (χ4v) is 10.5. The van der Waals surface area contributed by atoms with Crippen molar-refractivity contribution in [3.05, 3.63) is 213 Å². The fourth-order valence-electron chi connectivity index (χ4n) is 8.34. The van der Waals surface area contributed by atoms with E-state index in [1.54, 1.807) is 47.5 Å². The van der Waals surface area contributed by atoms with E-state index in [1.165, 1.54) is 10.6 Å². The maximum absolute atomic E-state index is 4.98. The number of hydrogen-bond acceptors (Lipinski definition) is 8. The molecule has 62 heavy (non-hydrogen) atoms. The summed E-state index contributed by atoms with van der Waals surface area (Å²) in [5.41, 5.74) is 14.4. The molecule has 0 fully saturated rings. The minimum atomic E-state index is 0.813. The van der Waals surface area contributed by atoms with E-state index in [0.717, 1.165) is 100 Å². The number of nitrogens with zero attached hydrogens (tertiary/aromatic N) is 6. The van der Waals surface area contributed by atoms with Crippen molar-refractivity contribution in [2.45, 2.75) is 12.8 Å². The molecular formula is C54H38N6S2. The molecule has 0 aliphatic heterocycles. The summed E-state index contributed by atoms with van der Waals surface area (Å²) >= 11 is 3.47. The maximum atomic E-state index is 4.98. The van der Waals surface area contributed by atoms with Gasteiger partial charge in [0.2, 0.25) is 0 Å². The summed E-state index contributed by atoms with van der Waals surface area (Å²) in [6.07, 6.45) is 15.8. The van der Waals surface area contributed by atoms with Crippen molar-refractivity contribution >= 4 is 73.2 Å². The molecular weight excluding hydrogens is 797 g/mol. The van der Waals surface area contributed by atoms with Gasteiger partial charge in [-0.05, 0) is 115 Å². The first-order valence-electron chi connectivity index (χ1n) is 20.7. The Labute approximate surface area is 368 Å². The van der Waals surface area contributed by atoms with Gasteiger partial charge in [-0.25, -0.2) is 0 Å². The van der Waals surface area contributed by atoms with Gasteiger partial charge >= 0.3 is 0 Å². The lowest BCUT2D eigenvalue weighted by atomic mass is 10.0. The summed E-state index contributed by atoms with van der Waals surface area (Å²) in [5, 5.41) is 0. The molecule has 4 aromatic heterocycles. The van der Waals surface area contributed by atoms with Crippen molar-refractivity contribution in [1.29, 1.82) is 0 Å². The Morgan fingerprint density at radius 1 is 0.371 bits per heavy atom. The molecule has 0 amide bonds. The zero-order valence-electron chi connectivity index (χ0n) is 33.5. The van der Waals surface area contributed by atoms with Crippen LogP contribution in [0.2, 0.25) is 0 Å². The monoisotopic (exact) mass is 834 g/mol. The number of anilines is 5. The van der Waals surface area contributed by atoms with Gasteiger partial charge in [-0.3, -0.25) is 19.9 Å². The van der Waals surface area contributed by atoms with Crippen molar-refractivity contribution in [2.24, 2.45) is 0 Å². The molecule has 8 heteroatoms. The lowest BCUT2D eigenvalue weighted by molar-refractivity contribution is 0.918. The highest BCUT2D eigenvalue weighted by atomic mass is 32.1. The second-order valence-electron chi connectivity index (χ2n) is 15.0. The molecule has 1 aliphatic carbocycles. The first kappa shape index (κ1) is 37.5. The first-order chi connectivity index (χ1) is 30.8. The zero-order valence-corrected chi connectivity index (χ0v) is 35.2. The second kappa shape index (κ2) is 16.5. The number of benzene rings is 6. The number of hydrogen-bond donors (Lipinski definition) is 0. The van der Waals surface area contributed by atoms with Gasteiger partial charge in [0.15, 0.2) is 0 Å². The third-order valence-corrected chi connectivity index (χ3v) is 13.5. The highest BCUT2D eigenvalue weighted by Crippen LogP contribution is 2.47. The molecule has 10 aromatic rings. The van der Waals surface area contributed by atoms with E-state index in [1.807, 2.05) is 12.1 Å². The van der Waals surface area contributed by atoms with E-state index in [9.17, 15) is 0 Å². The standard InChI is InChI=1S/C54H38N6S2/c1-5-13-39(14-6-1)59(40-15-7-2-8-16-40)43-25-21-37(22-26-43)45-29-31-47(61-45)49-51-53(57-35-33-55-51)50(54-52(49)56-34-36-58-54)48-32-30-46(62-48)38-23-27-44(28-24-38)60(41-17-9-3-10-18-41)42-19-11-4-12-20-42/h1-11,13-19,21-36H,12,20H2. The molecule has 296 valence electrons. The van der Waals surface area contributed by atoms with Crippen molar-refractivity contribution in [2.75, 3.05) is 9.80 Å². The van der Waals surface area contributed by atoms with Gasteiger partial charge < -0.3 is 9.80 Å². The van der Waals surface area contributed by atoms with Crippen LogP contribution in [0.5, 0.6) is 0 Å². The molecule has 6 nitrogen and oxygen atoms in total. The normalized spacial score (nSPS) is 12.4. The number of fused-ring (bicyclic) bond motifs is 2. The summed E-state index contributed by atoms with van der Waals surface area (Å²) in [6, 6.07) is 58.0. The predicted octanol–water partition coefficient (Wildman–Crippen LogP) is 15.2. The highest BCUT2D eigenvalue weighted by Gasteiger charge is 2.23. The summed E-state index contributed by atoms with van der Waals surface area (Å²) < 4.78 is 0. The summed E-state index contributed by atoms with van der Waals surface area (Å²) in [5.74, 6) is 0. The van der Waals surface area contributed by atoms with Crippen molar-refractivity contribution in [3.63, 3.8) is 0 Å². The van der Waals surface area contributed by atoms with Crippen LogP contribution in [0, 0.1) is 0 Å². The van der Waals surface area contributed by atoms with Crippen molar-refractivity contribution in [1.82, 2.24) is 19.9 Å². The Balaban J connectivity index is 0.933. The smallest absolute Gasteiger partial charge is 0.100 e. The van der Waals surface area contributed by atoms with Gasteiger partial charge in [0.05, 0.1) is 0 Å². The third kappa shape index (κ3) is 7.05. The van der Waals surface area contributed by atoms with Gasteiger partial charge in [-0.15, -0.1) is 22.7 Å². The average Bonchev–Trinajstić information content (AvgIpc) is 4.04. The molecule has 0 radical (unpaired) electrons. The van der Waals surface area contributed by atoms with Crippen LogP contribution in [-0.4, -0.2) is 19.9 Å². The fraction of sp³-hybridized carbons (Fsp3) is 0.0370. The van der Waals surface area contributed by atoms with Gasteiger partial charge in [0, 0.05) is 89.6 Å². The Kier molecular flexibility index (Phi) is 9.97. The SMILES string of the molecule is C1=CCCC(N(c2ccccc2)c2ccc(-c3ccc(-c4c5nccnc5c(-c5ccc(-c6ccc(N(c7ccccc7)c7ccccc7)cc6)s5)c5nccnc45)s3)cc2)=C1. The Hall–Kier alpha value is -7.52. The van der Waals surface area contributed by atoms with Crippen LogP contribution >= 0.6 is 22.7 Å². The molecule has 0 saturated heterocycles. The molecule has 1 aliphatic rings. The number of rotatable bonds is 10. The van der Waals surface area contributed by atoms with Gasteiger partial charge in [-0.1, -0.05) is 91.0 Å². The second-order valence-corrected chi connectivity index (χ2v) is 17.1. The molecule has 0 atom stereocenters. The molecule has 0 saturated carbocycles. The molecule has 0 bridgehead atoms. The zero-order chi connectivity index (χ0) is 41.2. The van der Waals surface area contributed by atoms with E-state index in [2.05, 4.69) is 180 Å². The molecule has 0 unspecified atom stereocenters. The molecule has 11 rings (SSSR count). The summed E-state index contributed by atoms with van der Waals surface area (Å²) in [7, 11) is 0. The van der Waals surface area contributed by atoms with Gasteiger partial charge in [-0.2, -0.15) is 0 Å². The van der Waals surface area contributed by atoms with E-state index in [0.29, 0.717) is 0 Å². The Morgan fingerprint density at radius 2 is 0.742 bits per heavy atom. The summed E-state index contributed by atoms with van der Waals surface area (Å²) in [6.45, 7) is 0.